The number of aromatic nitrogens is 2. The third-order valence-corrected chi connectivity index (χ3v) is 5.57. The van der Waals surface area contributed by atoms with Crippen LogP contribution < -0.4 is 4.90 Å². The second-order valence-electron chi connectivity index (χ2n) is 7.31. The van der Waals surface area contributed by atoms with E-state index in [-0.39, 0.29) is 11.6 Å². The topological polar surface area (TPSA) is 56.6 Å². The summed E-state index contributed by atoms with van der Waals surface area (Å²) in [5.74, 6) is 0.601. The maximum absolute atomic E-state index is 11.8. The number of aryl methyl sites for hydroxylation is 1. The van der Waals surface area contributed by atoms with E-state index in [1.54, 1.807) is 12.1 Å². The lowest BCUT2D eigenvalue weighted by molar-refractivity contribution is -0.0327. The quantitative estimate of drug-likeness (QED) is 0.612. The summed E-state index contributed by atoms with van der Waals surface area (Å²) in [6.45, 7) is 4.83. The number of methoxy groups -OCH3 is 1. The summed E-state index contributed by atoms with van der Waals surface area (Å²) in [7, 11) is 3.41. The van der Waals surface area contributed by atoms with Crippen molar-refractivity contribution in [3.8, 4) is 0 Å². The van der Waals surface area contributed by atoms with Crippen molar-refractivity contribution < 1.29 is 14.3 Å². The summed E-state index contributed by atoms with van der Waals surface area (Å²) in [5.41, 5.74) is 3.69. The van der Waals surface area contributed by atoms with Crippen molar-refractivity contribution in [2.75, 3.05) is 31.7 Å². The minimum atomic E-state index is -0.337. The van der Waals surface area contributed by atoms with Crippen LogP contribution in [0.5, 0.6) is 0 Å². The van der Waals surface area contributed by atoms with Crippen LogP contribution in [0.2, 0.25) is 0 Å². The molecule has 3 heterocycles. The Morgan fingerprint density at radius 1 is 1.31 bits per heavy atom. The number of esters is 1. The minimum absolute atomic E-state index is 0.0958. The molecule has 26 heavy (non-hydrogen) atoms. The van der Waals surface area contributed by atoms with Crippen molar-refractivity contribution in [1.29, 1.82) is 0 Å². The van der Waals surface area contributed by atoms with Crippen LogP contribution in [-0.4, -0.2) is 47.9 Å². The van der Waals surface area contributed by atoms with Crippen molar-refractivity contribution in [1.82, 2.24) is 9.55 Å². The maximum Gasteiger partial charge on any atom is 0.337 e. The first-order valence-electron chi connectivity index (χ1n) is 9.13. The summed E-state index contributed by atoms with van der Waals surface area (Å²) in [4.78, 5) is 18.9. The van der Waals surface area contributed by atoms with Gasteiger partial charge in [-0.15, -0.1) is 0 Å². The standard InChI is InChI=1S/C20H25N3O3/c1-14-6-11-26-20(13-14)7-9-23(10-8-20)19-21-16-12-15(18(24)25-3)4-5-17(16)22(19)2/h4-5,12-13H,6-11H2,1-3H3. The Bertz CT molecular complexity index is 876. The lowest BCUT2D eigenvalue weighted by atomic mass is 9.87. The van der Waals surface area contributed by atoms with Crippen molar-refractivity contribution in [3.63, 3.8) is 0 Å². The lowest BCUT2D eigenvalue weighted by Gasteiger charge is -2.42. The van der Waals surface area contributed by atoms with E-state index in [1.807, 2.05) is 13.1 Å². The zero-order valence-corrected chi connectivity index (χ0v) is 15.6. The molecule has 138 valence electrons. The molecule has 1 fully saturated rings. The fourth-order valence-corrected chi connectivity index (χ4v) is 4.07. The van der Waals surface area contributed by atoms with Gasteiger partial charge in [-0.1, -0.05) is 11.6 Å². The molecule has 1 aromatic carbocycles. The van der Waals surface area contributed by atoms with E-state index in [4.69, 9.17) is 14.5 Å². The third kappa shape index (κ3) is 2.88. The number of nitrogens with zero attached hydrogens (tertiary/aromatic N) is 3. The van der Waals surface area contributed by atoms with Crippen LogP contribution in [0.1, 0.15) is 36.5 Å². The monoisotopic (exact) mass is 355 g/mol. The Hall–Kier alpha value is -2.34. The Morgan fingerprint density at radius 3 is 2.77 bits per heavy atom. The van der Waals surface area contributed by atoms with Crippen LogP contribution in [0.3, 0.4) is 0 Å². The summed E-state index contributed by atoms with van der Waals surface area (Å²) in [6.07, 6.45) is 5.31. The number of hydrogen-bond donors (Lipinski definition) is 0. The number of carbonyl (C=O) groups is 1. The first-order valence-corrected chi connectivity index (χ1v) is 9.13. The van der Waals surface area contributed by atoms with E-state index in [2.05, 4.69) is 22.5 Å². The summed E-state index contributed by atoms with van der Waals surface area (Å²) < 4.78 is 13.0. The largest absolute Gasteiger partial charge is 0.465 e. The van der Waals surface area contributed by atoms with Crippen molar-refractivity contribution in [2.45, 2.75) is 31.8 Å². The van der Waals surface area contributed by atoms with Crippen LogP contribution in [-0.2, 0) is 16.5 Å². The number of benzene rings is 1. The molecule has 0 saturated carbocycles. The molecule has 4 rings (SSSR count). The van der Waals surface area contributed by atoms with Crippen LogP contribution >= 0.6 is 0 Å². The van der Waals surface area contributed by atoms with E-state index < -0.39 is 0 Å². The van der Waals surface area contributed by atoms with Gasteiger partial charge in [-0.05, 0) is 44.4 Å². The molecule has 6 heteroatoms. The fourth-order valence-electron chi connectivity index (χ4n) is 4.07. The molecule has 2 aromatic rings. The maximum atomic E-state index is 11.8. The van der Waals surface area contributed by atoms with E-state index in [0.29, 0.717) is 5.56 Å². The molecular formula is C20H25N3O3. The van der Waals surface area contributed by atoms with Crippen LogP contribution in [0, 0.1) is 0 Å². The number of imidazole rings is 1. The van der Waals surface area contributed by atoms with E-state index >= 15 is 0 Å². The number of anilines is 1. The molecule has 0 bridgehead atoms. The molecule has 1 saturated heterocycles. The van der Waals surface area contributed by atoms with Gasteiger partial charge in [0.2, 0.25) is 5.95 Å². The zero-order valence-electron chi connectivity index (χ0n) is 15.6. The first-order chi connectivity index (χ1) is 12.5. The smallest absolute Gasteiger partial charge is 0.337 e. The highest BCUT2D eigenvalue weighted by Crippen LogP contribution is 2.35. The van der Waals surface area contributed by atoms with Crippen LogP contribution in [0.25, 0.3) is 11.0 Å². The average Bonchev–Trinajstić information content (AvgIpc) is 2.98. The van der Waals surface area contributed by atoms with Gasteiger partial charge in [-0.2, -0.15) is 0 Å². The minimum Gasteiger partial charge on any atom is -0.465 e. The predicted octanol–water partition coefficient (Wildman–Crippen LogP) is 3.07. The van der Waals surface area contributed by atoms with Gasteiger partial charge >= 0.3 is 5.97 Å². The van der Waals surface area contributed by atoms with Gasteiger partial charge in [0.05, 0.1) is 35.9 Å². The Balaban J connectivity index is 1.59. The molecule has 0 amide bonds. The number of hydrogen-bond acceptors (Lipinski definition) is 5. The summed E-state index contributed by atoms with van der Waals surface area (Å²) in [6, 6.07) is 5.51. The molecule has 0 unspecified atom stereocenters. The second-order valence-corrected chi connectivity index (χ2v) is 7.31. The second kappa shape index (κ2) is 6.43. The molecule has 6 nitrogen and oxygen atoms in total. The molecule has 0 radical (unpaired) electrons. The normalized spacial score (nSPS) is 19.7. The summed E-state index contributed by atoms with van der Waals surface area (Å²) in [5, 5.41) is 0. The SMILES string of the molecule is COC(=O)c1ccc2c(c1)nc(N1CCC3(C=C(C)CCO3)CC1)n2C. The number of carbonyl (C=O) groups excluding carboxylic acids is 1. The molecule has 0 N–H and O–H groups in total. The van der Waals surface area contributed by atoms with Crippen molar-refractivity contribution >= 4 is 23.0 Å². The Kier molecular flexibility index (Phi) is 4.23. The van der Waals surface area contributed by atoms with E-state index in [0.717, 1.165) is 55.9 Å². The van der Waals surface area contributed by atoms with Crippen molar-refractivity contribution in [3.05, 3.63) is 35.4 Å². The van der Waals surface area contributed by atoms with Gasteiger partial charge < -0.3 is 18.9 Å². The highest BCUT2D eigenvalue weighted by molar-refractivity contribution is 5.94. The zero-order chi connectivity index (χ0) is 18.3. The molecule has 0 aliphatic carbocycles. The average molecular weight is 355 g/mol. The highest BCUT2D eigenvalue weighted by atomic mass is 16.5. The van der Waals surface area contributed by atoms with Gasteiger partial charge in [-0.3, -0.25) is 0 Å². The molecule has 1 aromatic heterocycles. The molecule has 1 spiro atoms. The van der Waals surface area contributed by atoms with Gasteiger partial charge in [0.25, 0.3) is 0 Å². The number of fused-ring (bicyclic) bond motifs is 1. The fraction of sp³-hybridized carbons (Fsp3) is 0.500. The van der Waals surface area contributed by atoms with Gasteiger partial charge in [-0.25, -0.2) is 9.78 Å². The van der Waals surface area contributed by atoms with E-state index in [9.17, 15) is 4.79 Å². The summed E-state index contributed by atoms with van der Waals surface area (Å²) >= 11 is 0. The molecule has 2 aliphatic rings. The highest BCUT2D eigenvalue weighted by Gasteiger charge is 2.36. The van der Waals surface area contributed by atoms with Gasteiger partial charge in [0.15, 0.2) is 0 Å². The first kappa shape index (κ1) is 17.1. The van der Waals surface area contributed by atoms with Crippen LogP contribution in [0.4, 0.5) is 5.95 Å². The predicted molar refractivity (Wildman–Crippen MR) is 101 cm³/mol. The van der Waals surface area contributed by atoms with Gasteiger partial charge in [0.1, 0.15) is 0 Å². The number of piperidine rings is 1. The molecule has 2 aliphatic heterocycles. The lowest BCUT2D eigenvalue weighted by Crippen LogP contribution is -2.47. The van der Waals surface area contributed by atoms with E-state index in [1.165, 1.54) is 12.7 Å². The molecular weight excluding hydrogens is 330 g/mol. The van der Waals surface area contributed by atoms with Crippen LogP contribution in [0.15, 0.2) is 29.8 Å². The van der Waals surface area contributed by atoms with Crippen molar-refractivity contribution in [2.24, 2.45) is 7.05 Å². The molecule has 0 atom stereocenters. The third-order valence-electron chi connectivity index (χ3n) is 5.57. The number of ether oxygens (including phenoxy) is 2. The Labute approximate surface area is 153 Å². The number of rotatable bonds is 2. The Morgan fingerprint density at radius 2 is 2.08 bits per heavy atom. The van der Waals surface area contributed by atoms with Gasteiger partial charge in [0, 0.05) is 20.1 Å².